The van der Waals surface area contributed by atoms with E-state index in [1.807, 2.05) is 30.3 Å². The van der Waals surface area contributed by atoms with Crippen molar-refractivity contribution in [3.05, 3.63) is 59.4 Å². The highest BCUT2D eigenvalue weighted by Gasteiger charge is 2.35. The standard InChI is InChI=1S/C22H26FN3O5S/c1-15-12-17(16-6-4-3-5-7-16)13-19(21(15)23)22(28)24-25-32(29,30)18-8-10-26(14-18)20(27)9-11-31-2/h3-7,12-13,18,25H,8-11,14H2,1-2H3,(H,24,28). The first-order valence-corrected chi connectivity index (χ1v) is 11.7. The molecule has 0 aromatic heterocycles. The maximum absolute atomic E-state index is 14.6. The summed E-state index contributed by atoms with van der Waals surface area (Å²) in [6, 6.07) is 12.2. The zero-order valence-electron chi connectivity index (χ0n) is 17.9. The number of hydrogen-bond acceptors (Lipinski definition) is 5. The number of likely N-dealkylation sites (tertiary alicyclic amines) is 1. The van der Waals surface area contributed by atoms with Gasteiger partial charge in [0, 0.05) is 20.2 Å². The Balaban J connectivity index is 1.68. The number of rotatable bonds is 8. The molecule has 1 saturated heterocycles. The molecule has 0 radical (unpaired) electrons. The van der Waals surface area contributed by atoms with Gasteiger partial charge in [-0.25, -0.2) is 12.8 Å². The Morgan fingerprint density at radius 3 is 2.59 bits per heavy atom. The van der Waals surface area contributed by atoms with E-state index in [0.29, 0.717) is 12.1 Å². The van der Waals surface area contributed by atoms with Crippen LogP contribution in [0.1, 0.15) is 28.8 Å². The lowest BCUT2D eigenvalue weighted by molar-refractivity contribution is -0.131. The lowest BCUT2D eigenvalue weighted by atomic mass is 9.99. The summed E-state index contributed by atoms with van der Waals surface area (Å²) < 4.78 is 44.7. The van der Waals surface area contributed by atoms with Gasteiger partial charge in [-0.15, -0.1) is 4.83 Å². The molecule has 1 aliphatic heterocycles. The molecule has 0 spiro atoms. The molecule has 10 heteroatoms. The number of carbonyl (C=O) groups excluding carboxylic acids is 2. The van der Waals surface area contributed by atoms with Crippen molar-refractivity contribution in [2.24, 2.45) is 0 Å². The van der Waals surface area contributed by atoms with Crippen molar-refractivity contribution < 1.29 is 27.1 Å². The van der Waals surface area contributed by atoms with Gasteiger partial charge in [0.05, 0.1) is 23.8 Å². The molecule has 0 aliphatic carbocycles. The minimum atomic E-state index is -3.96. The number of amides is 2. The van der Waals surface area contributed by atoms with E-state index in [1.165, 1.54) is 25.0 Å². The van der Waals surface area contributed by atoms with Crippen LogP contribution in [0.3, 0.4) is 0 Å². The first-order chi connectivity index (χ1) is 15.2. The molecule has 2 N–H and O–H groups in total. The molecule has 1 unspecified atom stereocenters. The maximum Gasteiger partial charge on any atom is 0.269 e. The Kier molecular flexibility index (Phi) is 7.60. The third-order valence-corrected chi connectivity index (χ3v) is 7.02. The van der Waals surface area contributed by atoms with E-state index in [0.717, 1.165) is 5.56 Å². The van der Waals surface area contributed by atoms with Gasteiger partial charge in [0.1, 0.15) is 5.82 Å². The van der Waals surface area contributed by atoms with Gasteiger partial charge in [-0.1, -0.05) is 30.3 Å². The first kappa shape index (κ1) is 23.8. The molecule has 1 fully saturated rings. The number of benzene rings is 2. The molecule has 172 valence electrons. The van der Waals surface area contributed by atoms with Crippen LogP contribution in [0.5, 0.6) is 0 Å². The molecule has 2 amide bonds. The third-order valence-electron chi connectivity index (χ3n) is 5.37. The van der Waals surface area contributed by atoms with E-state index in [4.69, 9.17) is 4.74 Å². The Hall–Kier alpha value is -2.82. The molecule has 32 heavy (non-hydrogen) atoms. The Labute approximate surface area is 186 Å². The molecule has 2 aromatic carbocycles. The van der Waals surface area contributed by atoms with Gasteiger partial charge in [-0.2, -0.15) is 0 Å². The Bertz CT molecular complexity index is 1090. The van der Waals surface area contributed by atoms with Crippen molar-refractivity contribution in [2.45, 2.75) is 25.0 Å². The number of hydrogen-bond donors (Lipinski definition) is 2. The van der Waals surface area contributed by atoms with Gasteiger partial charge >= 0.3 is 0 Å². The van der Waals surface area contributed by atoms with Crippen LogP contribution in [0.4, 0.5) is 4.39 Å². The number of halogens is 1. The highest BCUT2D eigenvalue weighted by atomic mass is 32.2. The number of nitrogens with zero attached hydrogens (tertiary/aromatic N) is 1. The van der Waals surface area contributed by atoms with Gasteiger partial charge in [0.25, 0.3) is 5.91 Å². The van der Waals surface area contributed by atoms with E-state index in [-0.39, 0.29) is 43.0 Å². The predicted octanol–water partition coefficient (Wildman–Crippen LogP) is 2.00. The first-order valence-electron chi connectivity index (χ1n) is 10.2. The van der Waals surface area contributed by atoms with Crippen molar-refractivity contribution in [1.82, 2.24) is 15.2 Å². The van der Waals surface area contributed by atoms with Gasteiger partial charge in [-0.05, 0) is 42.2 Å². The number of carbonyl (C=O) groups is 2. The summed E-state index contributed by atoms with van der Waals surface area (Å²) in [7, 11) is -2.48. The summed E-state index contributed by atoms with van der Waals surface area (Å²) in [5.74, 6) is -1.82. The second-order valence-electron chi connectivity index (χ2n) is 7.62. The molecule has 2 aromatic rings. The van der Waals surface area contributed by atoms with Crippen LogP contribution >= 0.6 is 0 Å². The normalized spacial score (nSPS) is 16.2. The Morgan fingerprint density at radius 1 is 1.19 bits per heavy atom. The molecule has 1 heterocycles. The van der Waals surface area contributed by atoms with E-state index in [2.05, 4.69) is 10.3 Å². The van der Waals surface area contributed by atoms with Crippen LogP contribution < -0.4 is 10.3 Å². The molecule has 1 aliphatic rings. The fraction of sp³-hybridized carbons (Fsp3) is 0.364. The molecule has 3 rings (SSSR count). The van der Waals surface area contributed by atoms with Crippen LogP contribution in [0.25, 0.3) is 11.1 Å². The van der Waals surface area contributed by atoms with Crippen LogP contribution in [-0.2, 0) is 19.6 Å². The average molecular weight is 464 g/mol. The second kappa shape index (κ2) is 10.2. The summed E-state index contributed by atoms with van der Waals surface area (Å²) in [4.78, 5) is 28.2. The fourth-order valence-electron chi connectivity index (χ4n) is 3.56. The number of ether oxygens (including phenoxy) is 1. The quantitative estimate of drug-likeness (QED) is 0.583. The van der Waals surface area contributed by atoms with E-state index >= 15 is 0 Å². The monoisotopic (exact) mass is 463 g/mol. The zero-order valence-corrected chi connectivity index (χ0v) is 18.7. The van der Waals surface area contributed by atoms with Crippen molar-refractivity contribution in [3.8, 4) is 11.1 Å². The highest BCUT2D eigenvalue weighted by molar-refractivity contribution is 7.90. The predicted molar refractivity (Wildman–Crippen MR) is 118 cm³/mol. The van der Waals surface area contributed by atoms with Gasteiger partial charge in [0.2, 0.25) is 15.9 Å². The largest absolute Gasteiger partial charge is 0.384 e. The summed E-state index contributed by atoms with van der Waals surface area (Å²) in [6.45, 7) is 2.12. The van der Waals surface area contributed by atoms with Crippen LogP contribution in [0.2, 0.25) is 0 Å². The van der Waals surface area contributed by atoms with Crippen molar-refractivity contribution >= 4 is 21.8 Å². The molecule has 8 nitrogen and oxygen atoms in total. The lowest BCUT2D eigenvalue weighted by Gasteiger charge is -2.17. The Morgan fingerprint density at radius 2 is 1.91 bits per heavy atom. The minimum absolute atomic E-state index is 0.0186. The molecule has 0 bridgehead atoms. The molecule has 0 saturated carbocycles. The SMILES string of the molecule is COCCC(=O)N1CCC(S(=O)(=O)NNC(=O)c2cc(-c3ccccc3)cc(C)c2F)C1. The van der Waals surface area contributed by atoms with E-state index in [1.54, 1.807) is 6.07 Å². The maximum atomic E-state index is 14.6. The van der Waals surface area contributed by atoms with Crippen LogP contribution in [-0.4, -0.2) is 57.2 Å². The molecular weight excluding hydrogens is 437 g/mol. The smallest absolute Gasteiger partial charge is 0.269 e. The zero-order chi connectivity index (χ0) is 23.3. The van der Waals surface area contributed by atoms with E-state index in [9.17, 15) is 22.4 Å². The summed E-state index contributed by atoms with van der Waals surface area (Å²) in [6.07, 6.45) is 0.407. The number of methoxy groups -OCH3 is 1. The number of aryl methyl sites for hydroxylation is 1. The number of sulfonamides is 1. The van der Waals surface area contributed by atoms with Gasteiger partial charge in [-0.3, -0.25) is 15.0 Å². The molecule has 1 atom stereocenters. The molecular formula is C22H26FN3O5S. The summed E-state index contributed by atoms with van der Waals surface area (Å²) in [5.41, 5.74) is 3.53. The summed E-state index contributed by atoms with van der Waals surface area (Å²) in [5, 5.41) is -0.878. The third kappa shape index (κ3) is 5.50. The van der Waals surface area contributed by atoms with Crippen molar-refractivity contribution in [1.29, 1.82) is 0 Å². The fourth-order valence-corrected chi connectivity index (χ4v) is 4.75. The number of nitrogens with one attached hydrogen (secondary N) is 2. The van der Waals surface area contributed by atoms with Gasteiger partial charge < -0.3 is 9.64 Å². The van der Waals surface area contributed by atoms with Crippen molar-refractivity contribution in [3.63, 3.8) is 0 Å². The van der Waals surface area contributed by atoms with Crippen molar-refractivity contribution in [2.75, 3.05) is 26.8 Å². The topological polar surface area (TPSA) is 105 Å². The summed E-state index contributed by atoms with van der Waals surface area (Å²) >= 11 is 0. The average Bonchev–Trinajstić information content (AvgIpc) is 3.30. The number of hydrazine groups is 1. The van der Waals surface area contributed by atoms with E-state index < -0.39 is 27.0 Å². The van der Waals surface area contributed by atoms with Crippen LogP contribution in [0.15, 0.2) is 42.5 Å². The van der Waals surface area contributed by atoms with Gasteiger partial charge in [0.15, 0.2) is 0 Å². The lowest BCUT2D eigenvalue weighted by Crippen LogP contribution is -2.47. The minimum Gasteiger partial charge on any atom is -0.384 e. The highest BCUT2D eigenvalue weighted by Crippen LogP contribution is 2.25. The second-order valence-corrected chi connectivity index (χ2v) is 9.58. The van der Waals surface area contributed by atoms with Crippen LogP contribution in [0, 0.1) is 12.7 Å².